The molecule has 0 bridgehead atoms. The minimum Gasteiger partial charge on any atom is -0.472 e. The van der Waals surface area contributed by atoms with E-state index in [-0.39, 0.29) is 6.07 Å². The lowest BCUT2D eigenvalue weighted by molar-refractivity contribution is 0.340. The van der Waals surface area contributed by atoms with Crippen LogP contribution in [0.5, 0.6) is 5.75 Å². The zero-order valence-electron chi connectivity index (χ0n) is 5.48. The molecule has 0 N–H and O–H groups in total. The van der Waals surface area contributed by atoms with Crippen molar-refractivity contribution in [2.45, 2.75) is 0 Å². The fourth-order valence-electron chi connectivity index (χ4n) is 0.675. The normalized spacial score (nSPS) is 9.73. The summed E-state index contributed by atoms with van der Waals surface area (Å²) in [6.07, 6.45) is 0. The maximum atomic E-state index is 12.6. The Morgan fingerprint density at radius 3 is 2.27 bits per heavy atom. The summed E-state index contributed by atoms with van der Waals surface area (Å²) in [4.78, 5) is 0. The highest BCUT2D eigenvalue weighted by Crippen LogP contribution is 2.20. The third-order valence-corrected chi connectivity index (χ3v) is 1.23. The lowest BCUT2D eigenvalue weighted by Gasteiger charge is -2.02. The van der Waals surface area contributed by atoms with Crippen LogP contribution in [-0.2, 0) is 0 Å². The Bertz CT molecular complexity index is 232. The van der Waals surface area contributed by atoms with Gasteiger partial charge in [-0.2, -0.15) is 0 Å². The summed E-state index contributed by atoms with van der Waals surface area (Å²) >= 11 is 5.12. The lowest BCUT2D eigenvalue weighted by Crippen LogP contribution is -1.95. The third-order valence-electron chi connectivity index (χ3n) is 1.12. The fraction of sp³-hybridized carbons (Fsp3) is 0.143. The summed E-state index contributed by atoms with van der Waals surface area (Å²) in [5.41, 5.74) is 0. The van der Waals surface area contributed by atoms with Crippen molar-refractivity contribution in [1.29, 1.82) is 0 Å². The topological polar surface area (TPSA) is 9.23 Å². The third kappa shape index (κ3) is 1.80. The Labute approximate surface area is 67.5 Å². The van der Waals surface area contributed by atoms with Gasteiger partial charge in [-0.15, -0.1) is 0 Å². The average molecular weight is 179 g/mol. The van der Waals surface area contributed by atoms with Gasteiger partial charge >= 0.3 is 0 Å². The molecule has 0 fully saturated rings. The number of alkyl halides is 1. The second kappa shape index (κ2) is 3.53. The van der Waals surface area contributed by atoms with Gasteiger partial charge in [0.1, 0.15) is 0 Å². The first kappa shape index (κ1) is 8.27. The number of para-hydroxylation sites is 1. The molecule has 0 saturated carbocycles. The highest BCUT2D eigenvalue weighted by molar-refractivity contribution is 6.17. The van der Waals surface area contributed by atoms with Crippen LogP contribution in [0.4, 0.5) is 8.78 Å². The lowest BCUT2D eigenvalue weighted by atomic mass is 10.3. The van der Waals surface area contributed by atoms with E-state index in [9.17, 15) is 8.78 Å². The predicted octanol–water partition coefficient (Wildman–Crippen LogP) is 2.54. The minimum atomic E-state index is -0.745. The van der Waals surface area contributed by atoms with Gasteiger partial charge in [0, 0.05) is 0 Å². The molecule has 1 aromatic rings. The molecule has 1 aromatic carbocycles. The maximum absolute atomic E-state index is 12.6. The highest BCUT2D eigenvalue weighted by Gasteiger charge is 2.07. The molecule has 60 valence electrons. The quantitative estimate of drug-likeness (QED) is 0.633. The smallest absolute Gasteiger partial charge is 0.192 e. The Hall–Kier alpha value is -0.830. The molecule has 1 rings (SSSR count). The van der Waals surface area contributed by atoms with Crippen LogP contribution in [-0.4, -0.2) is 6.07 Å². The van der Waals surface area contributed by atoms with Crippen LogP contribution in [0.2, 0.25) is 0 Å². The van der Waals surface area contributed by atoms with Crippen molar-refractivity contribution in [3.8, 4) is 5.75 Å². The van der Waals surface area contributed by atoms with Gasteiger partial charge in [-0.3, -0.25) is 0 Å². The standard InChI is InChI=1S/C7H5ClF2O/c8-4-11-7-5(9)2-1-3-6(7)10/h1-3H,4H2. The van der Waals surface area contributed by atoms with Crippen molar-refractivity contribution in [3.05, 3.63) is 29.8 Å². The number of rotatable bonds is 2. The van der Waals surface area contributed by atoms with Crippen molar-refractivity contribution in [2.75, 3.05) is 6.07 Å². The number of halogens is 3. The van der Waals surface area contributed by atoms with Crippen molar-refractivity contribution in [1.82, 2.24) is 0 Å². The van der Waals surface area contributed by atoms with E-state index in [4.69, 9.17) is 11.6 Å². The van der Waals surface area contributed by atoms with Gasteiger partial charge in [-0.05, 0) is 12.1 Å². The number of benzene rings is 1. The Kier molecular flexibility index (Phi) is 2.65. The summed E-state index contributed by atoms with van der Waals surface area (Å²) in [5, 5.41) is 0. The molecule has 0 spiro atoms. The first-order chi connectivity index (χ1) is 5.25. The SMILES string of the molecule is Fc1cccc(F)c1OCCl. The molecule has 11 heavy (non-hydrogen) atoms. The van der Waals surface area contributed by atoms with E-state index < -0.39 is 17.4 Å². The van der Waals surface area contributed by atoms with Crippen LogP contribution >= 0.6 is 11.6 Å². The Morgan fingerprint density at radius 2 is 1.82 bits per heavy atom. The largest absolute Gasteiger partial charge is 0.472 e. The second-order valence-electron chi connectivity index (χ2n) is 1.80. The van der Waals surface area contributed by atoms with E-state index in [0.29, 0.717) is 0 Å². The molecule has 0 saturated heterocycles. The highest BCUT2D eigenvalue weighted by atomic mass is 35.5. The van der Waals surface area contributed by atoms with E-state index in [0.717, 1.165) is 12.1 Å². The maximum Gasteiger partial charge on any atom is 0.192 e. The van der Waals surface area contributed by atoms with E-state index in [1.807, 2.05) is 0 Å². The van der Waals surface area contributed by atoms with E-state index >= 15 is 0 Å². The van der Waals surface area contributed by atoms with Crippen LogP contribution < -0.4 is 4.74 Å². The number of hydrogen-bond donors (Lipinski definition) is 0. The summed E-state index contributed by atoms with van der Waals surface area (Å²) in [6.45, 7) is 0. The molecule has 4 heteroatoms. The van der Waals surface area contributed by atoms with Gasteiger partial charge in [0.15, 0.2) is 23.5 Å². The molecular weight excluding hydrogens is 174 g/mol. The zero-order chi connectivity index (χ0) is 8.27. The minimum absolute atomic E-state index is 0.266. The average Bonchev–Trinajstić information content (AvgIpc) is 1.97. The van der Waals surface area contributed by atoms with Crippen molar-refractivity contribution < 1.29 is 13.5 Å². The summed E-state index contributed by atoms with van der Waals surface area (Å²) in [5.74, 6) is -1.92. The van der Waals surface area contributed by atoms with Crippen LogP contribution in [0.3, 0.4) is 0 Å². The van der Waals surface area contributed by atoms with Crippen molar-refractivity contribution >= 4 is 11.6 Å². The first-order valence-corrected chi connectivity index (χ1v) is 3.42. The molecule has 0 aromatic heterocycles. The molecule has 0 aliphatic heterocycles. The number of ether oxygens (including phenoxy) is 1. The van der Waals surface area contributed by atoms with Gasteiger partial charge in [0.05, 0.1) is 0 Å². The summed E-state index contributed by atoms with van der Waals surface area (Å²) in [7, 11) is 0. The van der Waals surface area contributed by atoms with Gasteiger partial charge in [0.2, 0.25) is 0 Å². The van der Waals surface area contributed by atoms with Crippen LogP contribution in [0.15, 0.2) is 18.2 Å². The molecular formula is C7H5ClF2O. The molecule has 0 amide bonds. The van der Waals surface area contributed by atoms with Gasteiger partial charge in [-0.25, -0.2) is 8.78 Å². The van der Waals surface area contributed by atoms with Crippen LogP contribution in [0.25, 0.3) is 0 Å². The van der Waals surface area contributed by atoms with Gasteiger partial charge in [0.25, 0.3) is 0 Å². The molecule has 0 unspecified atom stereocenters. The Morgan fingerprint density at radius 1 is 1.27 bits per heavy atom. The fourth-order valence-corrected chi connectivity index (χ4v) is 0.784. The molecule has 0 heterocycles. The van der Waals surface area contributed by atoms with Gasteiger partial charge < -0.3 is 4.74 Å². The summed E-state index contributed by atoms with van der Waals surface area (Å²) < 4.78 is 29.7. The predicted molar refractivity (Wildman–Crippen MR) is 37.7 cm³/mol. The van der Waals surface area contributed by atoms with Gasteiger partial charge in [-0.1, -0.05) is 17.7 Å². The van der Waals surface area contributed by atoms with E-state index in [1.54, 1.807) is 0 Å². The molecule has 0 aliphatic carbocycles. The molecule has 0 atom stereocenters. The van der Waals surface area contributed by atoms with E-state index in [1.165, 1.54) is 6.07 Å². The second-order valence-corrected chi connectivity index (χ2v) is 2.02. The molecule has 0 aliphatic rings. The number of hydrogen-bond acceptors (Lipinski definition) is 1. The van der Waals surface area contributed by atoms with Crippen molar-refractivity contribution in [3.63, 3.8) is 0 Å². The van der Waals surface area contributed by atoms with E-state index in [2.05, 4.69) is 4.74 Å². The molecule has 1 nitrogen and oxygen atoms in total. The van der Waals surface area contributed by atoms with Crippen molar-refractivity contribution in [2.24, 2.45) is 0 Å². The summed E-state index contributed by atoms with van der Waals surface area (Å²) in [6, 6.07) is 3.19. The molecule has 0 radical (unpaired) electrons. The zero-order valence-corrected chi connectivity index (χ0v) is 6.24. The Balaban J connectivity index is 3.00. The first-order valence-electron chi connectivity index (χ1n) is 2.88. The van der Waals surface area contributed by atoms with Crippen LogP contribution in [0.1, 0.15) is 0 Å². The van der Waals surface area contributed by atoms with Crippen LogP contribution in [0, 0.1) is 11.6 Å². The monoisotopic (exact) mass is 178 g/mol.